The number of benzene rings is 2. The summed E-state index contributed by atoms with van der Waals surface area (Å²) in [7, 11) is 0. The first-order chi connectivity index (χ1) is 11.4. The topological polar surface area (TPSA) is 44.6 Å². The Kier molecular flexibility index (Phi) is 3.88. The molecule has 118 valence electrons. The van der Waals surface area contributed by atoms with Crippen LogP contribution in [0.3, 0.4) is 0 Å². The Morgan fingerprint density at radius 3 is 1.70 bits per heavy atom. The molecule has 2 bridgehead atoms. The van der Waals surface area contributed by atoms with Crippen LogP contribution in [0.5, 0.6) is 0 Å². The van der Waals surface area contributed by atoms with E-state index in [-0.39, 0.29) is 12.1 Å². The Bertz CT molecular complexity index is 628. The van der Waals surface area contributed by atoms with Crippen LogP contribution in [0, 0.1) is 11.8 Å². The van der Waals surface area contributed by atoms with Crippen molar-refractivity contribution in [2.24, 2.45) is 17.0 Å². The molecule has 0 aromatic heterocycles. The number of fused-ring (bicyclic) bond motifs is 2. The monoisotopic (exact) mass is 306 g/mol. The third-order valence-corrected chi connectivity index (χ3v) is 5.39. The largest absolute Gasteiger partial charge is 0.411 e. The van der Waals surface area contributed by atoms with Crippen molar-refractivity contribution < 1.29 is 5.21 Å². The standard InChI is InChI=1S/C20H22N2O/c23-22-20-16-12-7-13-17(20)19(15-10-5-2-6-11-15)21-18(16)14-8-3-1-4-9-14/h1-6,8-11,16-19,21,23H,7,12-13H2/t16-,17+,18?,19?. The molecule has 2 N–H and O–H groups in total. The molecule has 23 heavy (non-hydrogen) atoms. The van der Waals surface area contributed by atoms with E-state index < -0.39 is 0 Å². The summed E-state index contributed by atoms with van der Waals surface area (Å²) in [5.41, 5.74) is 3.54. The molecular weight excluding hydrogens is 284 g/mol. The molecule has 0 amide bonds. The van der Waals surface area contributed by atoms with E-state index in [1.54, 1.807) is 0 Å². The lowest BCUT2D eigenvalue weighted by Crippen LogP contribution is -2.50. The van der Waals surface area contributed by atoms with Gasteiger partial charge in [-0.15, -0.1) is 0 Å². The van der Waals surface area contributed by atoms with Crippen molar-refractivity contribution in [1.29, 1.82) is 0 Å². The molecule has 0 radical (unpaired) electrons. The number of hydrogen-bond acceptors (Lipinski definition) is 3. The molecule has 0 spiro atoms. The minimum atomic E-state index is 0.212. The smallest absolute Gasteiger partial charge is 0.0670 e. The number of piperidine rings is 1. The van der Waals surface area contributed by atoms with Gasteiger partial charge in [-0.3, -0.25) is 0 Å². The van der Waals surface area contributed by atoms with Gasteiger partial charge in [0.25, 0.3) is 0 Å². The second-order valence-corrected chi connectivity index (χ2v) is 6.61. The third-order valence-electron chi connectivity index (χ3n) is 5.39. The highest BCUT2D eigenvalue weighted by molar-refractivity contribution is 5.91. The van der Waals surface area contributed by atoms with Gasteiger partial charge in [0.2, 0.25) is 0 Å². The van der Waals surface area contributed by atoms with E-state index in [9.17, 15) is 5.21 Å². The van der Waals surface area contributed by atoms with E-state index in [0.29, 0.717) is 11.8 Å². The van der Waals surface area contributed by atoms with Gasteiger partial charge in [-0.1, -0.05) is 72.2 Å². The second kappa shape index (κ2) is 6.17. The van der Waals surface area contributed by atoms with Crippen LogP contribution in [-0.2, 0) is 0 Å². The van der Waals surface area contributed by atoms with Gasteiger partial charge in [0.15, 0.2) is 0 Å². The molecule has 1 saturated heterocycles. The average Bonchev–Trinajstić information content (AvgIpc) is 2.63. The fraction of sp³-hybridized carbons (Fsp3) is 0.350. The molecule has 2 unspecified atom stereocenters. The highest BCUT2D eigenvalue weighted by Gasteiger charge is 2.45. The highest BCUT2D eigenvalue weighted by Crippen LogP contribution is 2.46. The summed E-state index contributed by atoms with van der Waals surface area (Å²) in [6.45, 7) is 0. The summed E-state index contributed by atoms with van der Waals surface area (Å²) in [6, 6.07) is 21.5. The van der Waals surface area contributed by atoms with E-state index >= 15 is 0 Å². The van der Waals surface area contributed by atoms with Crippen molar-refractivity contribution in [1.82, 2.24) is 5.32 Å². The molecule has 1 saturated carbocycles. The van der Waals surface area contributed by atoms with Crippen LogP contribution in [0.25, 0.3) is 0 Å². The molecule has 3 nitrogen and oxygen atoms in total. The van der Waals surface area contributed by atoms with Crippen molar-refractivity contribution in [2.45, 2.75) is 31.3 Å². The molecule has 2 aliphatic rings. The van der Waals surface area contributed by atoms with Crippen molar-refractivity contribution in [2.75, 3.05) is 0 Å². The molecule has 4 atom stereocenters. The summed E-state index contributed by atoms with van der Waals surface area (Å²) >= 11 is 0. The SMILES string of the molecule is ON=C1[C@H]2CCC[C@@H]1C(c1ccccc1)NC2c1ccccc1. The molecular formula is C20H22N2O. The lowest BCUT2D eigenvalue weighted by Gasteiger charge is -2.46. The lowest BCUT2D eigenvalue weighted by atomic mass is 9.67. The van der Waals surface area contributed by atoms with Crippen LogP contribution >= 0.6 is 0 Å². The number of nitrogens with zero attached hydrogens (tertiary/aromatic N) is 1. The first kappa shape index (κ1) is 14.5. The summed E-state index contributed by atoms with van der Waals surface area (Å²) < 4.78 is 0. The Balaban J connectivity index is 1.76. The normalized spacial score (nSPS) is 31.9. The minimum Gasteiger partial charge on any atom is -0.411 e. The van der Waals surface area contributed by atoms with Crippen LogP contribution in [0.15, 0.2) is 65.8 Å². The summed E-state index contributed by atoms with van der Waals surface area (Å²) in [5.74, 6) is 0.585. The Morgan fingerprint density at radius 1 is 0.783 bits per heavy atom. The summed E-state index contributed by atoms with van der Waals surface area (Å²) in [5, 5.41) is 17.3. The predicted molar refractivity (Wildman–Crippen MR) is 91.6 cm³/mol. The minimum absolute atomic E-state index is 0.212. The number of hydrogen-bond donors (Lipinski definition) is 2. The molecule has 2 aromatic carbocycles. The number of nitrogens with one attached hydrogen (secondary N) is 1. The maximum atomic E-state index is 9.69. The lowest BCUT2D eigenvalue weighted by molar-refractivity contribution is 0.214. The zero-order valence-corrected chi connectivity index (χ0v) is 13.1. The molecule has 2 aromatic rings. The molecule has 1 aliphatic heterocycles. The molecule has 1 aliphatic carbocycles. The quantitative estimate of drug-likeness (QED) is 0.641. The Labute approximate surface area is 137 Å². The van der Waals surface area contributed by atoms with E-state index in [0.717, 1.165) is 18.6 Å². The van der Waals surface area contributed by atoms with Crippen molar-refractivity contribution in [3.63, 3.8) is 0 Å². The van der Waals surface area contributed by atoms with E-state index in [2.05, 4.69) is 59.0 Å². The van der Waals surface area contributed by atoms with Crippen molar-refractivity contribution in [3.05, 3.63) is 71.8 Å². The molecule has 3 heteroatoms. The van der Waals surface area contributed by atoms with Crippen LogP contribution in [0.1, 0.15) is 42.5 Å². The fourth-order valence-corrected chi connectivity index (χ4v) is 4.36. The van der Waals surface area contributed by atoms with Gasteiger partial charge in [-0.25, -0.2) is 0 Å². The number of rotatable bonds is 2. The number of oxime groups is 1. The molecule has 1 heterocycles. The Morgan fingerprint density at radius 2 is 1.26 bits per heavy atom. The van der Waals surface area contributed by atoms with Gasteiger partial charge in [0, 0.05) is 23.9 Å². The predicted octanol–water partition coefficient (Wildman–Crippen LogP) is 4.32. The van der Waals surface area contributed by atoms with Crippen molar-refractivity contribution >= 4 is 5.71 Å². The van der Waals surface area contributed by atoms with Gasteiger partial charge in [-0.05, 0) is 24.0 Å². The van der Waals surface area contributed by atoms with Gasteiger partial charge < -0.3 is 10.5 Å². The second-order valence-electron chi connectivity index (χ2n) is 6.61. The van der Waals surface area contributed by atoms with Crippen LogP contribution < -0.4 is 5.32 Å². The first-order valence-corrected chi connectivity index (χ1v) is 8.46. The van der Waals surface area contributed by atoms with Crippen LogP contribution in [0.4, 0.5) is 0 Å². The van der Waals surface area contributed by atoms with Crippen molar-refractivity contribution in [3.8, 4) is 0 Å². The zero-order chi connectivity index (χ0) is 15.6. The summed E-state index contributed by atoms with van der Waals surface area (Å²) in [6.07, 6.45) is 3.37. The fourth-order valence-electron chi connectivity index (χ4n) is 4.36. The van der Waals surface area contributed by atoms with Crippen LogP contribution in [-0.4, -0.2) is 10.9 Å². The maximum Gasteiger partial charge on any atom is 0.0670 e. The first-order valence-electron chi connectivity index (χ1n) is 8.46. The molecule has 2 fully saturated rings. The summed E-state index contributed by atoms with van der Waals surface area (Å²) in [4.78, 5) is 0. The third kappa shape index (κ3) is 2.55. The zero-order valence-electron chi connectivity index (χ0n) is 13.1. The highest BCUT2D eigenvalue weighted by atomic mass is 16.4. The average molecular weight is 306 g/mol. The Hall–Kier alpha value is -2.13. The van der Waals surface area contributed by atoms with E-state index in [4.69, 9.17) is 0 Å². The van der Waals surface area contributed by atoms with Gasteiger partial charge >= 0.3 is 0 Å². The van der Waals surface area contributed by atoms with E-state index in [1.165, 1.54) is 17.5 Å². The van der Waals surface area contributed by atoms with Crippen LogP contribution in [0.2, 0.25) is 0 Å². The maximum absolute atomic E-state index is 9.69. The van der Waals surface area contributed by atoms with Gasteiger partial charge in [0.05, 0.1) is 5.71 Å². The van der Waals surface area contributed by atoms with Gasteiger partial charge in [0.1, 0.15) is 0 Å². The molecule has 4 rings (SSSR count). The van der Waals surface area contributed by atoms with Gasteiger partial charge in [-0.2, -0.15) is 0 Å². The van der Waals surface area contributed by atoms with E-state index in [1.807, 2.05) is 12.1 Å².